The number of thiocarbonyl (C=S) groups is 1. The molecule has 2 aromatic carbocycles. The molecule has 1 aromatic heterocycles. The van der Waals surface area contributed by atoms with Crippen molar-refractivity contribution in [3.63, 3.8) is 0 Å². The summed E-state index contributed by atoms with van der Waals surface area (Å²) in [5, 5.41) is 20.6. The lowest BCUT2D eigenvalue weighted by atomic mass is 10.1. The van der Waals surface area contributed by atoms with Gasteiger partial charge in [0.25, 0.3) is 0 Å². The largest absolute Gasteiger partial charge is 0.494 e. The molecule has 0 aliphatic rings. The SMILES string of the molecule is CCOc1ccc2nc(NCCNC(=S)Nc3cccc(C)c3C)c(C#N)cc2c1. The highest BCUT2D eigenvalue weighted by Crippen LogP contribution is 2.24. The highest BCUT2D eigenvalue weighted by atomic mass is 32.1. The molecule has 0 aliphatic carbocycles. The summed E-state index contributed by atoms with van der Waals surface area (Å²) in [7, 11) is 0. The molecular weight excluding hydrogens is 394 g/mol. The van der Waals surface area contributed by atoms with Crippen molar-refractivity contribution in [1.29, 1.82) is 5.26 Å². The minimum atomic E-state index is 0.493. The zero-order chi connectivity index (χ0) is 21.5. The van der Waals surface area contributed by atoms with Crippen molar-refractivity contribution in [3.8, 4) is 11.8 Å². The van der Waals surface area contributed by atoms with E-state index >= 15 is 0 Å². The van der Waals surface area contributed by atoms with Crippen molar-refractivity contribution < 1.29 is 4.74 Å². The van der Waals surface area contributed by atoms with Crippen molar-refractivity contribution in [2.75, 3.05) is 30.3 Å². The minimum absolute atomic E-state index is 0.493. The fraction of sp³-hybridized carbons (Fsp3) is 0.261. The number of aromatic nitrogens is 1. The highest BCUT2D eigenvalue weighted by molar-refractivity contribution is 7.80. The normalized spacial score (nSPS) is 10.3. The van der Waals surface area contributed by atoms with Crippen LogP contribution in [0.2, 0.25) is 0 Å². The third-order valence-corrected chi connectivity index (χ3v) is 5.02. The Morgan fingerprint density at radius 2 is 2.00 bits per heavy atom. The van der Waals surface area contributed by atoms with Crippen LogP contribution in [-0.2, 0) is 0 Å². The summed E-state index contributed by atoms with van der Waals surface area (Å²) >= 11 is 5.38. The maximum atomic E-state index is 9.50. The van der Waals surface area contributed by atoms with E-state index in [-0.39, 0.29) is 0 Å². The van der Waals surface area contributed by atoms with Gasteiger partial charge in [-0.15, -0.1) is 0 Å². The van der Waals surface area contributed by atoms with Crippen molar-refractivity contribution in [2.24, 2.45) is 0 Å². The molecule has 3 rings (SSSR count). The average molecular weight is 420 g/mol. The van der Waals surface area contributed by atoms with E-state index in [1.165, 1.54) is 11.1 Å². The van der Waals surface area contributed by atoms with Gasteiger partial charge in [0.2, 0.25) is 0 Å². The van der Waals surface area contributed by atoms with Crippen molar-refractivity contribution in [2.45, 2.75) is 20.8 Å². The first-order chi connectivity index (χ1) is 14.5. The van der Waals surface area contributed by atoms with Crippen LogP contribution >= 0.6 is 12.2 Å². The van der Waals surface area contributed by atoms with E-state index in [0.717, 1.165) is 22.3 Å². The van der Waals surface area contributed by atoms with E-state index in [1.807, 2.05) is 43.3 Å². The molecule has 0 fully saturated rings. The second-order valence-corrected chi connectivity index (χ2v) is 7.25. The number of hydrogen-bond acceptors (Lipinski definition) is 5. The molecule has 3 aromatic rings. The number of rotatable bonds is 7. The summed E-state index contributed by atoms with van der Waals surface area (Å²) in [6.07, 6.45) is 0. The average Bonchev–Trinajstić information content (AvgIpc) is 2.74. The van der Waals surface area contributed by atoms with Crippen molar-refractivity contribution in [3.05, 3.63) is 59.2 Å². The van der Waals surface area contributed by atoms with Gasteiger partial charge in [0.05, 0.1) is 17.7 Å². The van der Waals surface area contributed by atoms with Gasteiger partial charge in [0.15, 0.2) is 5.11 Å². The molecule has 0 radical (unpaired) electrons. The minimum Gasteiger partial charge on any atom is -0.494 e. The summed E-state index contributed by atoms with van der Waals surface area (Å²) in [4.78, 5) is 4.59. The van der Waals surface area contributed by atoms with Crippen LogP contribution in [0.5, 0.6) is 5.75 Å². The van der Waals surface area contributed by atoms with Crippen LogP contribution in [0.3, 0.4) is 0 Å². The van der Waals surface area contributed by atoms with Crippen LogP contribution in [0, 0.1) is 25.2 Å². The number of fused-ring (bicyclic) bond motifs is 1. The van der Waals surface area contributed by atoms with E-state index in [4.69, 9.17) is 17.0 Å². The Morgan fingerprint density at radius 1 is 1.17 bits per heavy atom. The summed E-state index contributed by atoms with van der Waals surface area (Å²) in [6, 6.07) is 15.8. The van der Waals surface area contributed by atoms with E-state index < -0.39 is 0 Å². The van der Waals surface area contributed by atoms with Gasteiger partial charge in [0.1, 0.15) is 17.6 Å². The van der Waals surface area contributed by atoms with Gasteiger partial charge < -0.3 is 20.7 Å². The fourth-order valence-corrected chi connectivity index (χ4v) is 3.25. The lowest BCUT2D eigenvalue weighted by molar-refractivity contribution is 0.340. The fourth-order valence-electron chi connectivity index (χ4n) is 3.04. The molecule has 0 aliphatic heterocycles. The lowest BCUT2D eigenvalue weighted by Gasteiger charge is -2.14. The summed E-state index contributed by atoms with van der Waals surface area (Å²) in [5.74, 6) is 1.33. The molecule has 0 unspecified atom stereocenters. The van der Waals surface area contributed by atoms with Gasteiger partial charge in [-0.1, -0.05) is 12.1 Å². The highest BCUT2D eigenvalue weighted by Gasteiger charge is 2.08. The summed E-state index contributed by atoms with van der Waals surface area (Å²) in [5.41, 5.74) is 4.68. The maximum absolute atomic E-state index is 9.50. The number of nitrogens with zero attached hydrogens (tertiary/aromatic N) is 2. The molecule has 1 heterocycles. The van der Waals surface area contributed by atoms with Gasteiger partial charge in [-0.05, 0) is 74.4 Å². The monoisotopic (exact) mass is 419 g/mol. The number of anilines is 2. The number of pyridine rings is 1. The first kappa shape index (κ1) is 21.3. The number of benzene rings is 2. The predicted molar refractivity (Wildman–Crippen MR) is 126 cm³/mol. The number of ether oxygens (including phenoxy) is 1. The van der Waals surface area contributed by atoms with E-state index in [1.54, 1.807) is 0 Å². The Balaban J connectivity index is 1.58. The first-order valence-electron chi connectivity index (χ1n) is 9.84. The number of aryl methyl sites for hydroxylation is 1. The molecule has 0 spiro atoms. The lowest BCUT2D eigenvalue weighted by Crippen LogP contribution is -2.32. The van der Waals surface area contributed by atoms with Crippen LogP contribution in [0.15, 0.2) is 42.5 Å². The van der Waals surface area contributed by atoms with Crippen LogP contribution in [0.1, 0.15) is 23.6 Å². The van der Waals surface area contributed by atoms with E-state index in [0.29, 0.717) is 36.2 Å². The Labute approximate surface area is 182 Å². The molecule has 3 N–H and O–H groups in total. The summed E-state index contributed by atoms with van der Waals surface area (Å²) < 4.78 is 5.52. The molecule has 154 valence electrons. The first-order valence-corrected chi connectivity index (χ1v) is 10.2. The van der Waals surface area contributed by atoms with Crippen LogP contribution in [-0.4, -0.2) is 29.8 Å². The standard InChI is InChI=1S/C23H25N5OS/c1-4-29-19-8-9-21-17(13-19)12-18(14-24)22(27-21)25-10-11-26-23(30)28-20-7-5-6-15(2)16(20)3/h5-9,12-13H,4,10-11H2,1-3H3,(H,25,27)(H2,26,28,30). The molecule has 7 heteroatoms. The second kappa shape index (κ2) is 9.90. The summed E-state index contributed by atoms with van der Waals surface area (Å²) in [6.45, 7) is 7.82. The van der Waals surface area contributed by atoms with Gasteiger partial charge in [0, 0.05) is 24.2 Å². The Morgan fingerprint density at radius 3 is 2.77 bits per heavy atom. The van der Waals surface area contributed by atoms with Crippen molar-refractivity contribution in [1.82, 2.24) is 10.3 Å². The zero-order valence-electron chi connectivity index (χ0n) is 17.4. The molecule has 6 nitrogen and oxygen atoms in total. The predicted octanol–water partition coefficient (Wildman–Crippen LogP) is 4.52. The van der Waals surface area contributed by atoms with Gasteiger partial charge >= 0.3 is 0 Å². The van der Waals surface area contributed by atoms with Crippen molar-refractivity contribution >= 4 is 39.7 Å². The topological polar surface area (TPSA) is 82.0 Å². The van der Waals surface area contributed by atoms with E-state index in [2.05, 4.69) is 46.9 Å². The molecule has 0 bridgehead atoms. The molecule has 30 heavy (non-hydrogen) atoms. The van der Waals surface area contributed by atoms with Crippen LogP contribution < -0.4 is 20.7 Å². The zero-order valence-corrected chi connectivity index (χ0v) is 18.2. The second-order valence-electron chi connectivity index (χ2n) is 6.84. The molecule has 0 atom stereocenters. The van der Waals surface area contributed by atoms with E-state index in [9.17, 15) is 5.26 Å². The number of hydrogen-bond donors (Lipinski definition) is 3. The van der Waals surface area contributed by atoms with Crippen LogP contribution in [0.4, 0.5) is 11.5 Å². The third-order valence-electron chi connectivity index (χ3n) is 4.77. The molecular formula is C23H25N5OS. The molecule has 0 saturated heterocycles. The molecule has 0 amide bonds. The third kappa shape index (κ3) is 5.16. The molecule has 0 saturated carbocycles. The Kier molecular flexibility index (Phi) is 7.04. The number of nitrogens with one attached hydrogen (secondary N) is 3. The number of nitriles is 1. The quantitative estimate of drug-likeness (QED) is 0.384. The van der Waals surface area contributed by atoms with Gasteiger partial charge in [-0.25, -0.2) is 4.98 Å². The van der Waals surface area contributed by atoms with Crippen LogP contribution in [0.25, 0.3) is 10.9 Å². The van der Waals surface area contributed by atoms with Gasteiger partial charge in [-0.3, -0.25) is 0 Å². The Hall–Kier alpha value is -3.37. The Bertz CT molecular complexity index is 1110. The smallest absolute Gasteiger partial charge is 0.170 e. The maximum Gasteiger partial charge on any atom is 0.170 e. The van der Waals surface area contributed by atoms with Gasteiger partial charge in [-0.2, -0.15) is 5.26 Å².